The Kier molecular flexibility index (Phi) is 3.00. The van der Waals surface area contributed by atoms with Crippen molar-refractivity contribution in [3.05, 3.63) is 29.2 Å². The van der Waals surface area contributed by atoms with E-state index in [9.17, 15) is 0 Å². The highest BCUT2D eigenvalue weighted by atomic mass is 35.5. The number of hydrogen-bond donors (Lipinski definition) is 1. The number of hydrogen-bond acceptors (Lipinski definition) is 5. The lowest BCUT2D eigenvalue weighted by Crippen LogP contribution is -2.07. The van der Waals surface area contributed by atoms with Crippen LogP contribution in [0.2, 0.25) is 5.15 Å². The van der Waals surface area contributed by atoms with Crippen molar-refractivity contribution in [2.24, 2.45) is 7.05 Å². The van der Waals surface area contributed by atoms with E-state index in [4.69, 9.17) is 11.6 Å². The first-order chi connectivity index (χ1) is 7.65. The molecule has 0 saturated carbocycles. The predicted octanol–water partition coefficient (Wildman–Crippen LogP) is 1.18. The van der Waals surface area contributed by atoms with E-state index in [1.54, 1.807) is 19.3 Å². The molecule has 2 heterocycles. The van der Waals surface area contributed by atoms with E-state index in [-0.39, 0.29) is 0 Å². The third-order valence-corrected chi connectivity index (χ3v) is 2.23. The minimum absolute atomic E-state index is 0.424. The maximum Gasteiger partial charge on any atom is 0.151 e. The molecular formula is C9H11ClN6. The molecule has 0 spiro atoms. The number of nitrogens with zero attached hydrogens (tertiary/aromatic N) is 5. The highest BCUT2D eigenvalue weighted by Crippen LogP contribution is 2.11. The van der Waals surface area contributed by atoms with Gasteiger partial charge >= 0.3 is 0 Å². The number of nitrogens with one attached hydrogen (secondary N) is 1. The Hall–Kier alpha value is -1.69. The molecule has 0 unspecified atom stereocenters. The molecule has 2 aromatic heterocycles. The smallest absolute Gasteiger partial charge is 0.151 e. The Bertz CT molecular complexity index is 474. The van der Waals surface area contributed by atoms with E-state index >= 15 is 0 Å². The monoisotopic (exact) mass is 238 g/mol. The number of anilines is 1. The van der Waals surface area contributed by atoms with Crippen molar-refractivity contribution in [1.29, 1.82) is 0 Å². The molecule has 1 N–H and O–H groups in total. The highest BCUT2D eigenvalue weighted by molar-refractivity contribution is 6.29. The molecular weight excluding hydrogens is 228 g/mol. The van der Waals surface area contributed by atoms with Crippen molar-refractivity contribution in [3.8, 4) is 0 Å². The van der Waals surface area contributed by atoms with Gasteiger partial charge < -0.3 is 9.88 Å². The summed E-state index contributed by atoms with van der Waals surface area (Å²) in [5.41, 5.74) is 0. The molecule has 0 fully saturated rings. The Morgan fingerprint density at radius 2 is 2.25 bits per heavy atom. The first-order valence-corrected chi connectivity index (χ1v) is 5.11. The zero-order chi connectivity index (χ0) is 11.5. The van der Waals surface area contributed by atoms with Gasteiger partial charge in [-0.05, 0) is 6.92 Å². The summed E-state index contributed by atoms with van der Waals surface area (Å²) in [6.07, 6.45) is 1.65. The third kappa shape index (κ3) is 2.46. The molecule has 0 bridgehead atoms. The summed E-state index contributed by atoms with van der Waals surface area (Å²) >= 11 is 5.82. The van der Waals surface area contributed by atoms with Crippen LogP contribution in [0, 0.1) is 6.92 Å². The Labute approximate surface area is 97.7 Å². The normalized spacial score (nSPS) is 10.4. The van der Waals surface area contributed by atoms with E-state index in [0.717, 1.165) is 5.82 Å². The van der Waals surface area contributed by atoms with Gasteiger partial charge in [0.1, 0.15) is 23.1 Å². The standard InChI is InChI=1S/C9H11ClN6/c1-6-13-7(10)3-8(14-6)11-4-9-15-12-5-16(9)2/h3,5H,4H2,1-2H3,(H,11,13,14). The summed E-state index contributed by atoms with van der Waals surface area (Å²) in [5, 5.41) is 11.3. The Morgan fingerprint density at radius 1 is 1.44 bits per heavy atom. The zero-order valence-corrected chi connectivity index (χ0v) is 9.73. The van der Waals surface area contributed by atoms with Crippen LogP contribution < -0.4 is 5.32 Å². The summed E-state index contributed by atoms with van der Waals surface area (Å²) in [7, 11) is 1.88. The maximum absolute atomic E-state index is 5.82. The van der Waals surface area contributed by atoms with Gasteiger partial charge in [0.25, 0.3) is 0 Å². The lowest BCUT2D eigenvalue weighted by atomic mass is 10.5. The summed E-state index contributed by atoms with van der Waals surface area (Å²) < 4.78 is 1.84. The minimum Gasteiger partial charge on any atom is -0.363 e. The molecule has 0 aliphatic carbocycles. The van der Waals surface area contributed by atoms with Crippen LogP contribution in [-0.4, -0.2) is 24.7 Å². The quantitative estimate of drug-likeness (QED) is 0.814. The van der Waals surface area contributed by atoms with Crippen molar-refractivity contribution < 1.29 is 0 Å². The van der Waals surface area contributed by atoms with Gasteiger partial charge in [-0.25, -0.2) is 9.97 Å². The first kappa shape index (κ1) is 10.8. The Balaban J connectivity index is 2.07. The minimum atomic E-state index is 0.424. The van der Waals surface area contributed by atoms with Crippen molar-refractivity contribution in [2.45, 2.75) is 13.5 Å². The van der Waals surface area contributed by atoms with Crippen LogP contribution in [0.4, 0.5) is 5.82 Å². The van der Waals surface area contributed by atoms with Crippen molar-refractivity contribution in [1.82, 2.24) is 24.7 Å². The molecule has 0 amide bonds. The molecule has 84 valence electrons. The second kappa shape index (κ2) is 4.44. The van der Waals surface area contributed by atoms with Crippen LogP contribution in [0.15, 0.2) is 12.4 Å². The Morgan fingerprint density at radius 3 is 2.88 bits per heavy atom. The summed E-state index contributed by atoms with van der Waals surface area (Å²) in [6.45, 7) is 2.34. The molecule has 6 nitrogen and oxygen atoms in total. The van der Waals surface area contributed by atoms with Gasteiger partial charge in [0.15, 0.2) is 5.82 Å². The van der Waals surface area contributed by atoms with Gasteiger partial charge in [-0.3, -0.25) is 0 Å². The van der Waals surface area contributed by atoms with E-state index in [0.29, 0.717) is 23.3 Å². The van der Waals surface area contributed by atoms with Crippen molar-refractivity contribution in [2.75, 3.05) is 5.32 Å². The van der Waals surface area contributed by atoms with E-state index in [2.05, 4.69) is 25.5 Å². The number of aromatic nitrogens is 5. The molecule has 0 aliphatic heterocycles. The van der Waals surface area contributed by atoms with E-state index < -0.39 is 0 Å². The second-order valence-electron chi connectivity index (χ2n) is 3.33. The molecule has 0 atom stereocenters. The van der Waals surface area contributed by atoms with Crippen LogP contribution in [0.25, 0.3) is 0 Å². The van der Waals surface area contributed by atoms with Crippen molar-refractivity contribution in [3.63, 3.8) is 0 Å². The first-order valence-electron chi connectivity index (χ1n) is 4.73. The number of rotatable bonds is 3. The largest absolute Gasteiger partial charge is 0.363 e. The van der Waals surface area contributed by atoms with Crippen LogP contribution in [-0.2, 0) is 13.6 Å². The second-order valence-corrected chi connectivity index (χ2v) is 3.72. The van der Waals surface area contributed by atoms with Gasteiger partial charge in [-0.2, -0.15) is 0 Å². The van der Waals surface area contributed by atoms with E-state index in [1.165, 1.54) is 0 Å². The van der Waals surface area contributed by atoms with Gasteiger partial charge in [0.05, 0.1) is 6.54 Å². The molecule has 0 radical (unpaired) electrons. The van der Waals surface area contributed by atoms with Crippen LogP contribution >= 0.6 is 11.6 Å². The summed E-state index contributed by atoms with van der Waals surface area (Å²) in [4.78, 5) is 8.18. The molecule has 0 saturated heterocycles. The van der Waals surface area contributed by atoms with Crippen molar-refractivity contribution >= 4 is 17.4 Å². The molecule has 2 aromatic rings. The average molecular weight is 239 g/mol. The third-order valence-electron chi connectivity index (χ3n) is 2.04. The molecule has 0 aliphatic rings. The maximum atomic E-state index is 5.82. The highest BCUT2D eigenvalue weighted by Gasteiger charge is 2.02. The van der Waals surface area contributed by atoms with Crippen LogP contribution in [0.5, 0.6) is 0 Å². The fraction of sp³-hybridized carbons (Fsp3) is 0.333. The van der Waals surface area contributed by atoms with E-state index in [1.807, 2.05) is 11.6 Å². The lowest BCUT2D eigenvalue weighted by molar-refractivity contribution is 0.809. The van der Waals surface area contributed by atoms with Gasteiger partial charge in [0.2, 0.25) is 0 Å². The van der Waals surface area contributed by atoms with Crippen LogP contribution in [0.1, 0.15) is 11.6 Å². The predicted molar refractivity (Wildman–Crippen MR) is 60.1 cm³/mol. The van der Waals surface area contributed by atoms with Gasteiger partial charge in [0, 0.05) is 13.1 Å². The fourth-order valence-corrected chi connectivity index (χ4v) is 1.48. The topological polar surface area (TPSA) is 68.5 Å². The van der Waals surface area contributed by atoms with Gasteiger partial charge in [-0.1, -0.05) is 11.6 Å². The fourth-order valence-electron chi connectivity index (χ4n) is 1.26. The molecule has 16 heavy (non-hydrogen) atoms. The number of halogens is 1. The molecule has 2 rings (SSSR count). The zero-order valence-electron chi connectivity index (χ0n) is 8.98. The summed E-state index contributed by atoms with van der Waals surface area (Å²) in [6, 6.07) is 1.67. The average Bonchev–Trinajstić information content (AvgIpc) is 2.59. The SMILES string of the molecule is Cc1nc(Cl)cc(NCc2nncn2C)n1. The van der Waals surface area contributed by atoms with Crippen LogP contribution in [0.3, 0.4) is 0 Å². The van der Waals surface area contributed by atoms with Gasteiger partial charge in [-0.15, -0.1) is 10.2 Å². The molecule has 7 heteroatoms. The molecule has 0 aromatic carbocycles. The summed E-state index contributed by atoms with van der Waals surface area (Å²) in [5.74, 6) is 2.14. The number of aryl methyl sites for hydroxylation is 2. The lowest BCUT2D eigenvalue weighted by Gasteiger charge is -2.05.